The molecule has 0 saturated heterocycles. The highest BCUT2D eigenvalue weighted by molar-refractivity contribution is 5.41. The Morgan fingerprint density at radius 2 is 2.31 bits per heavy atom. The fourth-order valence-corrected chi connectivity index (χ4v) is 2.44. The summed E-state index contributed by atoms with van der Waals surface area (Å²) >= 11 is 0. The van der Waals surface area contributed by atoms with Crippen molar-refractivity contribution in [3.05, 3.63) is 29.3 Å². The van der Waals surface area contributed by atoms with Gasteiger partial charge in [0.1, 0.15) is 5.75 Å². The van der Waals surface area contributed by atoms with Gasteiger partial charge >= 0.3 is 0 Å². The summed E-state index contributed by atoms with van der Waals surface area (Å²) in [6.45, 7) is 3.34. The van der Waals surface area contributed by atoms with Gasteiger partial charge < -0.3 is 10.4 Å². The molecule has 0 bridgehead atoms. The van der Waals surface area contributed by atoms with Crippen molar-refractivity contribution in [1.29, 1.82) is 0 Å². The summed E-state index contributed by atoms with van der Waals surface area (Å²) in [7, 11) is 0. The Morgan fingerprint density at radius 3 is 3.12 bits per heavy atom. The minimum absolute atomic E-state index is 0.476. The normalized spacial score (nSPS) is 19.4. The highest BCUT2D eigenvalue weighted by Gasteiger charge is 2.19. The molecule has 1 atom stereocenters. The predicted molar refractivity (Wildman–Crippen MR) is 66.8 cm³/mol. The fourth-order valence-electron chi connectivity index (χ4n) is 2.44. The van der Waals surface area contributed by atoms with E-state index in [0.29, 0.717) is 11.8 Å². The van der Waals surface area contributed by atoms with Gasteiger partial charge in [-0.15, -0.1) is 0 Å². The Hall–Kier alpha value is -1.02. The van der Waals surface area contributed by atoms with Gasteiger partial charge in [-0.05, 0) is 49.4 Å². The van der Waals surface area contributed by atoms with Crippen LogP contribution in [-0.4, -0.2) is 17.7 Å². The minimum Gasteiger partial charge on any atom is -0.508 e. The smallest absolute Gasteiger partial charge is 0.119 e. The van der Waals surface area contributed by atoms with E-state index in [2.05, 4.69) is 18.3 Å². The summed E-state index contributed by atoms with van der Waals surface area (Å²) in [6.07, 6.45) is 5.72. The van der Waals surface area contributed by atoms with Crippen molar-refractivity contribution in [2.75, 3.05) is 6.54 Å². The van der Waals surface area contributed by atoms with Crippen LogP contribution in [-0.2, 0) is 12.8 Å². The topological polar surface area (TPSA) is 32.3 Å². The van der Waals surface area contributed by atoms with E-state index in [1.54, 1.807) is 6.07 Å². The summed E-state index contributed by atoms with van der Waals surface area (Å²) < 4.78 is 0. The molecule has 0 saturated carbocycles. The van der Waals surface area contributed by atoms with Gasteiger partial charge in [0.05, 0.1) is 0 Å². The van der Waals surface area contributed by atoms with Gasteiger partial charge in [0.2, 0.25) is 0 Å². The van der Waals surface area contributed by atoms with Crippen molar-refractivity contribution in [2.24, 2.45) is 0 Å². The summed E-state index contributed by atoms with van der Waals surface area (Å²) in [6, 6.07) is 6.48. The molecule has 1 aliphatic rings. The van der Waals surface area contributed by atoms with Gasteiger partial charge in [0, 0.05) is 6.04 Å². The molecule has 1 aliphatic carbocycles. The lowest BCUT2D eigenvalue weighted by molar-refractivity contribution is 0.429. The number of unbranched alkanes of at least 4 members (excludes halogenated alkanes) is 1. The van der Waals surface area contributed by atoms with Crippen LogP contribution in [0.2, 0.25) is 0 Å². The van der Waals surface area contributed by atoms with E-state index in [0.717, 1.165) is 31.4 Å². The molecule has 2 rings (SSSR count). The number of benzene rings is 1. The van der Waals surface area contributed by atoms with E-state index in [9.17, 15) is 5.11 Å². The molecule has 2 N–H and O–H groups in total. The number of rotatable bonds is 4. The average molecular weight is 219 g/mol. The molecule has 0 aromatic heterocycles. The van der Waals surface area contributed by atoms with Gasteiger partial charge in [0.25, 0.3) is 0 Å². The highest BCUT2D eigenvalue weighted by Crippen LogP contribution is 2.28. The Bertz CT molecular complexity index is 349. The maximum Gasteiger partial charge on any atom is 0.119 e. The lowest BCUT2D eigenvalue weighted by Gasteiger charge is -2.26. The van der Waals surface area contributed by atoms with Crippen LogP contribution in [0.5, 0.6) is 5.75 Å². The summed E-state index contributed by atoms with van der Waals surface area (Å²) in [5, 5.41) is 13.3. The van der Waals surface area contributed by atoms with Gasteiger partial charge in [-0.25, -0.2) is 0 Å². The molecular formula is C14H21NO. The second-order valence-corrected chi connectivity index (χ2v) is 4.66. The van der Waals surface area contributed by atoms with Crippen LogP contribution in [0.4, 0.5) is 0 Å². The Labute approximate surface area is 97.7 Å². The lowest BCUT2D eigenvalue weighted by Crippen LogP contribution is -2.35. The molecular weight excluding hydrogens is 198 g/mol. The quantitative estimate of drug-likeness (QED) is 0.763. The molecule has 0 radical (unpaired) electrons. The average Bonchev–Trinajstić information content (AvgIpc) is 2.30. The van der Waals surface area contributed by atoms with Gasteiger partial charge in [-0.2, -0.15) is 0 Å². The zero-order valence-electron chi connectivity index (χ0n) is 10.00. The lowest BCUT2D eigenvalue weighted by atomic mass is 9.87. The summed E-state index contributed by atoms with van der Waals surface area (Å²) in [5.74, 6) is 0.476. The van der Waals surface area contributed by atoms with E-state index >= 15 is 0 Å². The molecule has 0 aliphatic heterocycles. The maximum absolute atomic E-state index is 9.74. The number of hydrogen-bond donors (Lipinski definition) is 2. The minimum atomic E-state index is 0.476. The third-order valence-corrected chi connectivity index (χ3v) is 3.42. The number of phenolic OH excluding ortho intramolecular Hbond substituents is 1. The zero-order chi connectivity index (χ0) is 11.4. The molecule has 0 spiro atoms. The van der Waals surface area contributed by atoms with Crippen molar-refractivity contribution in [1.82, 2.24) is 5.32 Å². The van der Waals surface area contributed by atoms with Crippen molar-refractivity contribution < 1.29 is 5.11 Å². The number of phenols is 1. The van der Waals surface area contributed by atoms with Crippen molar-refractivity contribution >= 4 is 0 Å². The maximum atomic E-state index is 9.74. The molecule has 0 fully saturated rings. The van der Waals surface area contributed by atoms with Crippen LogP contribution >= 0.6 is 0 Å². The van der Waals surface area contributed by atoms with Crippen molar-refractivity contribution in [3.63, 3.8) is 0 Å². The van der Waals surface area contributed by atoms with Gasteiger partial charge in [0.15, 0.2) is 0 Å². The van der Waals surface area contributed by atoms with E-state index in [4.69, 9.17) is 0 Å². The molecule has 0 amide bonds. The standard InChI is InChI=1S/C14H21NO/c1-2-3-9-15-12-7-8-13-11(10-12)5-4-6-14(13)16/h4-6,12,15-16H,2-3,7-10H2,1H3. The fraction of sp³-hybridized carbons (Fsp3) is 0.571. The summed E-state index contributed by atoms with van der Waals surface area (Å²) in [4.78, 5) is 0. The van der Waals surface area contributed by atoms with Crippen molar-refractivity contribution in [2.45, 2.75) is 45.1 Å². The first-order chi connectivity index (χ1) is 7.81. The Morgan fingerprint density at radius 1 is 1.44 bits per heavy atom. The van der Waals surface area contributed by atoms with Crippen LogP contribution in [0.3, 0.4) is 0 Å². The number of aromatic hydroxyl groups is 1. The third kappa shape index (κ3) is 2.56. The number of hydrogen-bond acceptors (Lipinski definition) is 2. The number of fused-ring (bicyclic) bond motifs is 1. The predicted octanol–water partition coefficient (Wildman–Crippen LogP) is 2.64. The van der Waals surface area contributed by atoms with E-state index in [1.165, 1.54) is 18.4 Å². The highest BCUT2D eigenvalue weighted by atomic mass is 16.3. The van der Waals surface area contributed by atoms with Crippen molar-refractivity contribution in [3.8, 4) is 5.75 Å². The molecule has 2 heteroatoms. The SMILES string of the molecule is CCCCNC1CCc2c(O)cccc2C1. The van der Waals surface area contributed by atoms with Crippen LogP contribution in [0.25, 0.3) is 0 Å². The Balaban J connectivity index is 1.96. The second kappa shape index (κ2) is 5.35. The molecule has 0 heterocycles. The third-order valence-electron chi connectivity index (χ3n) is 3.42. The molecule has 16 heavy (non-hydrogen) atoms. The first-order valence-corrected chi connectivity index (χ1v) is 6.34. The summed E-state index contributed by atoms with van der Waals surface area (Å²) in [5.41, 5.74) is 2.48. The van der Waals surface area contributed by atoms with E-state index in [-0.39, 0.29) is 0 Å². The van der Waals surface area contributed by atoms with Gasteiger partial charge in [-0.1, -0.05) is 25.5 Å². The zero-order valence-corrected chi connectivity index (χ0v) is 10.00. The Kier molecular flexibility index (Phi) is 3.83. The van der Waals surface area contributed by atoms with Crippen LogP contribution < -0.4 is 5.32 Å². The molecule has 1 aromatic rings. The molecule has 1 unspecified atom stereocenters. The molecule has 2 nitrogen and oxygen atoms in total. The van der Waals surface area contributed by atoms with Crippen LogP contribution in [0, 0.1) is 0 Å². The van der Waals surface area contributed by atoms with E-state index in [1.807, 2.05) is 6.07 Å². The second-order valence-electron chi connectivity index (χ2n) is 4.66. The van der Waals surface area contributed by atoms with Gasteiger partial charge in [-0.3, -0.25) is 0 Å². The first-order valence-electron chi connectivity index (χ1n) is 6.34. The molecule has 88 valence electrons. The number of nitrogens with one attached hydrogen (secondary N) is 1. The molecule has 1 aromatic carbocycles. The van der Waals surface area contributed by atoms with Crippen LogP contribution in [0.15, 0.2) is 18.2 Å². The monoisotopic (exact) mass is 219 g/mol. The van der Waals surface area contributed by atoms with Crippen LogP contribution in [0.1, 0.15) is 37.3 Å². The first kappa shape index (κ1) is 11.5. The largest absolute Gasteiger partial charge is 0.508 e. The van der Waals surface area contributed by atoms with E-state index < -0.39 is 0 Å².